The van der Waals surface area contributed by atoms with Crippen molar-refractivity contribution in [3.63, 3.8) is 0 Å². The molecule has 0 bridgehead atoms. The first-order valence-corrected chi connectivity index (χ1v) is 10.8. The number of anilines is 1. The first-order chi connectivity index (χ1) is 15.1. The van der Waals surface area contributed by atoms with Crippen LogP contribution in [0.4, 0.5) is 5.69 Å². The number of benzene rings is 2. The van der Waals surface area contributed by atoms with E-state index in [-0.39, 0.29) is 30.7 Å². The van der Waals surface area contributed by atoms with Crippen molar-refractivity contribution in [2.75, 3.05) is 31.2 Å². The van der Waals surface area contributed by atoms with Gasteiger partial charge in [-0.2, -0.15) is 0 Å². The summed E-state index contributed by atoms with van der Waals surface area (Å²) in [5.41, 5.74) is 2.52. The molecule has 5 rings (SSSR count). The van der Waals surface area contributed by atoms with Crippen molar-refractivity contribution in [2.45, 2.75) is 25.4 Å². The molecule has 1 fully saturated rings. The van der Waals surface area contributed by atoms with Crippen LogP contribution in [0.5, 0.6) is 0 Å². The molecule has 0 saturated carbocycles. The first kappa shape index (κ1) is 19.8. The van der Waals surface area contributed by atoms with E-state index in [2.05, 4.69) is 5.32 Å². The Hall–Kier alpha value is -3.19. The summed E-state index contributed by atoms with van der Waals surface area (Å²) >= 11 is 0. The second-order valence-electron chi connectivity index (χ2n) is 8.26. The minimum atomic E-state index is -0.519. The van der Waals surface area contributed by atoms with Crippen molar-refractivity contribution >= 4 is 23.4 Å². The molecule has 0 spiro atoms. The summed E-state index contributed by atoms with van der Waals surface area (Å²) in [6.07, 6.45) is 1.59. The van der Waals surface area contributed by atoms with E-state index < -0.39 is 6.17 Å². The Morgan fingerprint density at radius 1 is 0.968 bits per heavy atom. The standard InChI is InChI=1S/C24H25N3O4/c28-21(25-15-16-10-13-31-14-11-16)9-12-26-22-17-5-1-2-6-18(17)24(30)27(22)20-8-4-3-7-19(20)23(26)29/h1-8,16,22H,9-15H2,(H,25,28)/t22-/m0/s1. The number of fused-ring (bicyclic) bond motifs is 5. The lowest BCUT2D eigenvalue weighted by molar-refractivity contribution is -0.121. The number of para-hydroxylation sites is 1. The van der Waals surface area contributed by atoms with Gasteiger partial charge in [0.1, 0.15) is 6.17 Å². The molecule has 160 valence electrons. The Morgan fingerprint density at radius 3 is 2.48 bits per heavy atom. The Kier molecular flexibility index (Phi) is 5.19. The number of rotatable bonds is 5. The molecular weight excluding hydrogens is 394 g/mol. The van der Waals surface area contributed by atoms with Crippen molar-refractivity contribution in [1.82, 2.24) is 10.2 Å². The molecule has 0 radical (unpaired) electrons. The fourth-order valence-electron chi connectivity index (χ4n) is 4.72. The smallest absolute Gasteiger partial charge is 0.260 e. The van der Waals surface area contributed by atoms with Gasteiger partial charge >= 0.3 is 0 Å². The predicted octanol–water partition coefficient (Wildman–Crippen LogP) is 2.73. The third-order valence-corrected chi connectivity index (χ3v) is 6.39. The topological polar surface area (TPSA) is 79.0 Å². The molecule has 7 heteroatoms. The Morgan fingerprint density at radius 2 is 1.68 bits per heavy atom. The molecule has 0 aromatic heterocycles. The predicted molar refractivity (Wildman–Crippen MR) is 115 cm³/mol. The average Bonchev–Trinajstić information content (AvgIpc) is 3.11. The van der Waals surface area contributed by atoms with Crippen LogP contribution in [0.2, 0.25) is 0 Å². The van der Waals surface area contributed by atoms with Gasteiger partial charge in [0.05, 0.1) is 11.3 Å². The maximum atomic E-state index is 13.3. The number of ether oxygens (including phenoxy) is 1. The van der Waals surface area contributed by atoms with Crippen molar-refractivity contribution in [2.24, 2.45) is 5.92 Å². The zero-order valence-corrected chi connectivity index (χ0v) is 17.3. The molecule has 1 N–H and O–H groups in total. The molecule has 3 aliphatic rings. The van der Waals surface area contributed by atoms with E-state index in [1.54, 1.807) is 28.0 Å². The van der Waals surface area contributed by atoms with E-state index in [0.29, 0.717) is 29.3 Å². The van der Waals surface area contributed by atoms with Crippen LogP contribution in [-0.2, 0) is 9.53 Å². The van der Waals surface area contributed by atoms with Crippen LogP contribution in [0.3, 0.4) is 0 Å². The normalized spacial score (nSPS) is 20.3. The monoisotopic (exact) mass is 419 g/mol. The van der Waals surface area contributed by atoms with Gasteiger partial charge < -0.3 is 15.0 Å². The van der Waals surface area contributed by atoms with Crippen molar-refractivity contribution in [3.8, 4) is 0 Å². The van der Waals surface area contributed by atoms with Crippen LogP contribution in [0.25, 0.3) is 0 Å². The number of nitrogens with zero attached hydrogens (tertiary/aromatic N) is 2. The number of nitrogens with one attached hydrogen (secondary N) is 1. The molecular formula is C24H25N3O4. The van der Waals surface area contributed by atoms with Crippen LogP contribution < -0.4 is 10.2 Å². The van der Waals surface area contributed by atoms with Gasteiger partial charge in [0.25, 0.3) is 11.8 Å². The highest BCUT2D eigenvalue weighted by atomic mass is 16.5. The van der Waals surface area contributed by atoms with Gasteiger partial charge in [0, 0.05) is 43.9 Å². The molecule has 1 saturated heterocycles. The van der Waals surface area contributed by atoms with Crippen LogP contribution in [0.1, 0.15) is 51.7 Å². The minimum absolute atomic E-state index is 0.0812. The highest BCUT2D eigenvalue weighted by Gasteiger charge is 2.47. The third kappa shape index (κ3) is 3.49. The van der Waals surface area contributed by atoms with E-state index in [9.17, 15) is 14.4 Å². The van der Waals surface area contributed by atoms with E-state index in [4.69, 9.17) is 4.74 Å². The lowest BCUT2D eigenvalue weighted by Crippen LogP contribution is -2.49. The molecule has 3 heterocycles. The molecule has 31 heavy (non-hydrogen) atoms. The lowest BCUT2D eigenvalue weighted by Gasteiger charge is -2.40. The summed E-state index contributed by atoms with van der Waals surface area (Å²) in [5.74, 6) is 0.0893. The summed E-state index contributed by atoms with van der Waals surface area (Å²) in [5, 5.41) is 3.00. The summed E-state index contributed by atoms with van der Waals surface area (Å²) in [6, 6.07) is 14.6. The minimum Gasteiger partial charge on any atom is -0.381 e. The molecule has 3 amide bonds. The second-order valence-corrected chi connectivity index (χ2v) is 8.26. The number of hydrogen-bond acceptors (Lipinski definition) is 4. The molecule has 2 aromatic rings. The number of amides is 3. The Bertz CT molecular complexity index is 1030. The lowest BCUT2D eigenvalue weighted by atomic mass is 10.0. The number of carbonyl (C=O) groups excluding carboxylic acids is 3. The summed E-state index contributed by atoms with van der Waals surface area (Å²) in [6.45, 7) is 2.37. The number of hydrogen-bond donors (Lipinski definition) is 1. The van der Waals surface area contributed by atoms with Gasteiger partial charge in [-0.25, -0.2) is 0 Å². The van der Waals surface area contributed by atoms with Gasteiger partial charge in [0.15, 0.2) is 0 Å². The molecule has 0 aliphatic carbocycles. The zero-order chi connectivity index (χ0) is 21.4. The number of carbonyl (C=O) groups is 3. The van der Waals surface area contributed by atoms with Crippen molar-refractivity contribution < 1.29 is 19.1 Å². The third-order valence-electron chi connectivity index (χ3n) is 6.39. The van der Waals surface area contributed by atoms with Gasteiger partial charge in [-0.05, 0) is 37.0 Å². The van der Waals surface area contributed by atoms with Crippen LogP contribution in [0.15, 0.2) is 48.5 Å². The van der Waals surface area contributed by atoms with Crippen LogP contribution in [-0.4, -0.2) is 48.9 Å². The largest absolute Gasteiger partial charge is 0.381 e. The van der Waals surface area contributed by atoms with E-state index in [1.807, 2.05) is 30.3 Å². The molecule has 1 atom stereocenters. The second kappa shape index (κ2) is 8.15. The molecule has 3 aliphatic heterocycles. The maximum Gasteiger partial charge on any atom is 0.260 e. The Labute approximate surface area is 181 Å². The highest BCUT2D eigenvalue weighted by molar-refractivity contribution is 6.16. The fourth-order valence-corrected chi connectivity index (χ4v) is 4.72. The van der Waals surface area contributed by atoms with Crippen LogP contribution >= 0.6 is 0 Å². The summed E-state index contributed by atoms with van der Waals surface area (Å²) in [7, 11) is 0. The Balaban J connectivity index is 1.36. The van der Waals surface area contributed by atoms with Gasteiger partial charge in [-0.3, -0.25) is 19.3 Å². The highest BCUT2D eigenvalue weighted by Crippen LogP contribution is 2.45. The quantitative estimate of drug-likeness (QED) is 0.808. The fraction of sp³-hybridized carbons (Fsp3) is 0.375. The van der Waals surface area contributed by atoms with E-state index in [0.717, 1.165) is 31.6 Å². The van der Waals surface area contributed by atoms with Gasteiger partial charge in [0.2, 0.25) is 5.91 Å². The summed E-state index contributed by atoms with van der Waals surface area (Å²) in [4.78, 5) is 42.4. The molecule has 0 unspecified atom stereocenters. The SMILES string of the molecule is O=C(CCN1C(=O)c2ccccc2N2C(=O)c3ccccc3[C@@H]12)NCC1CCOCC1. The summed E-state index contributed by atoms with van der Waals surface area (Å²) < 4.78 is 5.36. The van der Waals surface area contributed by atoms with Crippen LogP contribution in [0, 0.1) is 5.92 Å². The molecule has 7 nitrogen and oxygen atoms in total. The van der Waals surface area contributed by atoms with Crippen molar-refractivity contribution in [1.29, 1.82) is 0 Å². The first-order valence-electron chi connectivity index (χ1n) is 10.8. The maximum absolute atomic E-state index is 13.3. The van der Waals surface area contributed by atoms with E-state index in [1.165, 1.54) is 0 Å². The van der Waals surface area contributed by atoms with Crippen molar-refractivity contribution in [3.05, 3.63) is 65.2 Å². The zero-order valence-electron chi connectivity index (χ0n) is 17.3. The van der Waals surface area contributed by atoms with Gasteiger partial charge in [-0.15, -0.1) is 0 Å². The van der Waals surface area contributed by atoms with E-state index >= 15 is 0 Å². The molecule has 2 aromatic carbocycles. The average molecular weight is 419 g/mol. The van der Waals surface area contributed by atoms with Gasteiger partial charge in [-0.1, -0.05) is 30.3 Å².